The predicted octanol–water partition coefficient (Wildman–Crippen LogP) is 0.515. The van der Waals surface area contributed by atoms with Crippen molar-refractivity contribution in [3.05, 3.63) is 40.4 Å². The molecule has 0 saturated carbocycles. The minimum absolute atomic E-state index is 0.0360. The number of sulfonamides is 1. The highest BCUT2D eigenvalue weighted by Crippen LogP contribution is 2.23. The van der Waals surface area contributed by atoms with Crippen LogP contribution in [-0.2, 0) is 30.2 Å². The van der Waals surface area contributed by atoms with E-state index in [1.165, 1.54) is 17.1 Å². The van der Waals surface area contributed by atoms with Crippen molar-refractivity contribution in [3.63, 3.8) is 0 Å². The zero-order valence-corrected chi connectivity index (χ0v) is 13.1. The first kappa shape index (κ1) is 15.1. The molecule has 3 N–H and O–H groups in total. The van der Waals surface area contributed by atoms with E-state index >= 15 is 0 Å². The zero-order chi connectivity index (χ0) is 14.8. The number of benzene rings is 1. The third-order valence-electron chi connectivity index (χ3n) is 2.59. The van der Waals surface area contributed by atoms with Gasteiger partial charge in [-0.05, 0) is 33.6 Å². The van der Waals surface area contributed by atoms with Crippen molar-refractivity contribution in [3.8, 4) is 0 Å². The number of nitrogens with two attached hydrogens (primary N) is 1. The van der Waals surface area contributed by atoms with E-state index in [2.05, 4.69) is 30.7 Å². The molecule has 2 aromatic rings. The van der Waals surface area contributed by atoms with E-state index in [0.717, 1.165) is 5.56 Å². The Morgan fingerprint density at radius 1 is 1.45 bits per heavy atom. The molecule has 7 nitrogen and oxygen atoms in total. The summed E-state index contributed by atoms with van der Waals surface area (Å²) in [5.41, 5.74) is 6.36. The van der Waals surface area contributed by atoms with Crippen molar-refractivity contribution in [2.45, 2.75) is 18.0 Å². The van der Waals surface area contributed by atoms with Gasteiger partial charge in [0, 0.05) is 18.1 Å². The lowest BCUT2D eigenvalue weighted by molar-refractivity contribution is 0.578. The number of aryl methyl sites for hydroxylation is 1. The largest absolute Gasteiger partial charge is 0.326 e. The summed E-state index contributed by atoms with van der Waals surface area (Å²) in [6, 6.07) is 4.88. The van der Waals surface area contributed by atoms with Crippen molar-refractivity contribution in [1.29, 1.82) is 0 Å². The number of hydrogen-bond donors (Lipinski definition) is 2. The predicted molar refractivity (Wildman–Crippen MR) is 77.1 cm³/mol. The number of halogens is 1. The highest BCUT2D eigenvalue weighted by molar-refractivity contribution is 9.10. The van der Waals surface area contributed by atoms with Crippen LogP contribution in [0.2, 0.25) is 0 Å². The van der Waals surface area contributed by atoms with Crippen LogP contribution < -0.4 is 10.5 Å². The van der Waals surface area contributed by atoms with Crippen molar-refractivity contribution in [1.82, 2.24) is 19.5 Å². The lowest BCUT2D eigenvalue weighted by Gasteiger charge is -2.08. The molecule has 0 spiro atoms. The van der Waals surface area contributed by atoms with Gasteiger partial charge in [0.05, 0.1) is 11.4 Å². The lowest BCUT2D eigenvalue weighted by atomic mass is 10.2. The van der Waals surface area contributed by atoms with Crippen LogP contribution in [0.5, 0.6) is 0 Å². The Kier molecular flexibility index (Phi) is 4.53. The molecule has 0 radical (unpaired) electrons. The average molecular weight is 360 g/mol. The molecule has 0 atom stereocenters. The van der Waals surface area contributed by atoms with Crippen molar-refractivity contribution < 1.29 is 8.42 Å². The maximum absolute atomic E-state index is 12.2. The molecule has 0 aliphatic heterocycles. The molecule has 0 aliphatic carbocycles. The summed E-state index contributed by atoms with van der Waals surface area (Å²) < 4.78 is 28.8. The number of rotatable bonds is 5. The van der Waals surface area contributed by atoms with Crippen LogP contribution in [0.3, 0.4) is 0 Å². The summed E-state index contributed by atoms with van der Waals surface area (Å²) in [6.07, 6.45) is 1.51. The Labute approximate surface area is 125 Å². The summed E-state index contributed by atoms with van der Waals surface area (Å²) in [6.45, 7) is 0.387. The topological polar surface area (TPSA) is 103 Å². The van der Waals surface area contributed by atoms with Crippen LogP contribution in [0.15, 0.2) is 33.9 Å². The Morgan fingerprint density at radius 3 is 2.75 bits per heavy atom. The highest BCUT2D eigenvalue weighted by Gasteiger charge is 2.18. The van der Waals surface area contributed by atoms with Gasteiger partial charge in [-0.15, -0.1) is 0 Å². The highest BCUT2D eigenvalue weighted by atomic mass is 79.9. The molecular formula is C11H14BrN5O2S. The fourth-order valence-electron chi connectivity index (χ4n) is 1.59. The zero-order valence-electron chi connectivity index (χ0n) is 10.7. The van der Waals surface area contributed by atoms with Crippen LogP contribution in [0.1, 0.15) is 11.4 Å². The van der Waals surface area contributed by atoms with Gasteiger partial charge >= 0.3 is 0 Å². The maximum atomic E-state index is 12.2. The fourth-order valence-corrected chi connectivity index (χ4v) is 3.69. The first-order chi connectivity index (χ1) is 9.42. The van der Waals surface area contributed by atoms with E-state index in [1.54, 1.807) is 19.2 Å². The SMILES string of the molecule is Cn1cnc(CNS(=O)(=O)c2ccc(CN)cc2Br)n1. The standard InChI is InChI=1S/C11H14BrN5O2S/c1-17-7-14-11(16-17)6-15-20(18,19)10-3-2-8(5-13)4-9(10)12/h2-4,7,15H,5-6,13H2,1H3. The molecule has 1 aromatic carbocycles. The van der Waals surface area contributed by atoms with Crippen LogP contribution >= 0.6 is 15.9 Å². The van der Waals surface area contributed by atoms with Crippen molar-refractivity contribution in [2.75, 3.05) is 0 Å². The second kappa shape index (κ2) is 6.00. The van der Waals surface area contributed by atoms with Gasteiger partial charge in [0.15, 0.2) is 5.82 Å². The van der Waals surface area contributed by atoms with E-state index in [0.29, 0.717) is 16.8 Å². The molecule has 0 saturated heterocycles. The van der Waals surface area contributed by atoms with Crippen LogP contribution in [0.25, 0.3) is 0 Å². The summed E-state index contributed by atoms with van der Waals surface area (Å²) in [5, 5.41) is 4.01. The van der Waals surface area contributed by atoms with E-state index in [1.807, 2.05) is 0 Å². The fraction of sp³-hybridized carbons (Fsp3) is 0.273. The van der Waals surface area contributed by atoms with E-state index < -0.39 is 10.0 Å². The Hall–Kier alpha value is -1.29. The first-order valence-corrected chi connectivity index (χ1v) is 8.02. The summed E-state index contributed by atoms with van der Waals surface area (Å²) in [7, 11) is -1.92. The van der Waals surface area contributed by atoms with Gasteiger partial charge in [-0.3, -0.25) is 4.68 Å². The minimum Gasteiger partial charge on any atom is -0.326 e. The normalized spacial score (nSPS) is 11.8. The van der Waals surface area contributed by atoms with Gasteiger partial charge in [0.2, 0.25) is 10.0 Å². The summed E-state index contributed by atoms with van der Waals surface area (Å²) in [4.78, 5) is 4.12. The number of nitrogens with zero attached hydrogens (tertiary/aromatic N) is 3. The second-order valence-corrected chi connectivity index (χ2v) is 6.72. The molecule has 1 heterocycles. The minimum atomic E-state index is -3.63. The first-order valence-electron chi connectivity index (χ1n) is 5.75. The van der Waals surface area contributed by atoms with Gasteiger partial charge < -0.3 is 5.73 Å². The van der Waals surface area contributed by atoms with Gasteiger partial charge in [-0.2, -0.15) is 5.10 Å². The third-order valence-corrected chi connectivity index (χ3v) is 4.97. The molecule has 1 aromatic heterocycles. The Bertz CT molecular complexity index is 713. The average Bonchev–Trinajstić information content (AvgIpc) is 2.82. The Balaban J connectivity index is 2.18. The third kappa shape index (κ3) is 3.42. The van der Waals surface area contributed by atoms with Gasteiger partial charge in [0.25, 0.3) is 0 Å². The molecular weight excluding hydrogens is 346 g/mol. The van der Waals surface area contributed by atoms with E-state index in [-0.39, 0.29) is 11.4 Å². The van der Waals surface area contributed by atoms with Crippen LogP contribution in [0.4, 0.5) is 0 Å². The van der Waals surface area contributed by atoms with Crippen molar-refractivity contribution >= 4 is 26.0 Å². The number of hydrogen-bond acceptors (Lipinski definition) is 5. The monoisotopic (exact) mass is 359 g/mol. The Morgan fingerprint density at radius 2 is 2.20 bits per heavy atom. The molecule has 0 amide bonds. The molecule has 2 rings (SSSR count). The maximum Gasteiger partial charge on any atom is 0.242 e. The molecule has 108 valence electrons. The summed E-state index contributed by atoms with van der Waals surface area (Å²) >= 11 is 3.24. The lowest BCUT2D eigenvalue weighted by Crippen LogP contribution is -2.24. The number of aromatic nitrogens is 3. The van der Waals surface area contributed by atoms with Gasteiger partial charge in [-0.25, -0.2) is 18.1 Å². The smallest absolute Gasteiger partial charge is 0.242 e. The molecule has 0 fully saturated rings. The van der Waals surface area contributed by atoms with Crippen molar-refractivity contribution in [2.24, 2.45) is 12.8 Å². The molecule has 20 heavy (non-hydrogen) atoms. The van der Waals surface area contributed by atoms with E-state index in [9.17, 15) is 8.42 Å². The molecule has 9 heteroatoms. The van der Waals surface area contributed by atoms with Crippen LogP contribution in [0, 0.1) is 0 Å². The molecule has 0 aliphatic rings. The molecule has 0 unspecified atom stereocenters. The van der Waals surface area contributed by atoms with Gasteiger partial charge in [-0.1, -0.05) is 6.07 Å². The van der Waals surface area contributed by atoms with Gasteiger partial charge in [0.1, 0.15) is 6.33 Å². The molecule has 0 bridgehead atoms. The second-order valence-electron chi connectivity index (χ2n) is 4.13. The number of nitrogens with one attached hydrogen (secondary N) is 1. The van der Waals surface area contributed by atoms with Crippen LogP contribution in [-0.4, -0.2) is 23.2 Å². The summed E-state index contributed by atoms with van der Waals surface area (Å²) in [5.74, 6) is 0.408. The van der Waals surface area contributed by atoms with E-state index in [4.69, 9.17) is 5.73 Å². The quantitative estimate of drug-likeness (QED) is 0.809.